The number of benzene rings is 3. The highest BCUT2D eigenvalue weighted by Gasteiger charge is 2.14. The van der Waals surface area contributed by atoms with Crippen LogP contribution in [0.5, 0.6) is 11.5 Å². The van der Waals surface area contributed by atoms with Gasteiger partial charge in [0.2, 0.25) is 5.91 Å². The number of ether oxygens (including phenoxy) is 1. The van der Waals surface area contributed by atoms with Crippen LogP contribution in [0.4, 0.5) is 11.4 Å². The van der Waals surface area contributed by atoms with Gasteiger partial charge in [-0.1, -0.05) is 23.7 Å². The first kappa shape index (κ1) is 19.7. The van der Waals surface area contributed by atoms with Crippen LogP contribution in [0.3, 0.4) is 0 Å². The number of rotatable bonds is 6. The lowest BCUT2D eigenvalue weighted by atomic mass is 10.3. The Labute approximate surface area is 168 Å². The highest BCUT2D eigenvalue weighted by molar-refractivity contribution is 7.92. The maximum Gasteiger partial charge on any atom is 0.261 e. The Bertz CT molecular complexity index is 1080. The Morgan fingerprint density at radius 1 is 0.893 bits per heavy atom. The van der Waals surface area contributed by atoms with Gasteiger partial charge in [0.05, 0.1) is 9.92 Å². The quantitative estimate of drug-likeness (QED) is 0.599. The van der Waals surface area contributed by atoms with Gasteiger partial charge < -0.3 is 10.1 Å². The SMILES string of the molecule is CC(=O)Nc1ccc(S(=O)(=O)Nc2ccc(Oc3ccccc3Cl)cc2)cc1. The van der Waals surface area contributed by atoms with Gasteiger partial charge in [-0.05, 0) is 60.7 Å². The van der Waals surface area contributed by atoms with Crippen LogP contribution in [0, 0.1) is 0 Å². The van der Waals surface area contributed by atoms with Crippen molar-refractivity contribution in [2.45, 2.75) is 11.8 Å². The molecule has 8 heteroatoms. The Balaban J connectivity index is 1.70. The van der Waals surface area contributed by atoms with Crippen molar-refractivity contribution in [1.82, 2.24) is 0 Å². The predicted molar refractivity (Wildman–Crippen MR) is 110 cm³/mol. The van der Waals surface area contributed by atoms with Crippen molar-refractivity contribution in [3.8, 4) is 11.5 Å². The summed E-state index contributed by atoms with van der Waals surface area (Å²) in [6, 6.07) is 19.4. The van der Waals surface area contributed by atoms with Gasteiger partial charge in [0.25, 0.3) is 10.0 Å². The van der Waals surface area contributed by atoms with Gasteiger partial charge in [-0.2, -0.15) is 0 Å². The van der Waals surface area contributed by atoms with Gasteiger partial charge in [-0.3, -0.25) is 9.52 Å². The van der Waals surface area contributed by atoms with E-state index in [1.165, 1.54) is 31.2 Å². The second-order valence-electron chi connectivity index (χ2n) is 5.87. The standard InChI is InChI=1S/C20H17ClN2O4S/c1-14(24)22-15-8-12-18(13-9-15)28(25,26)23-16-6-10-17(11-7-16)27-20-5-3-2-4-19(20)21/h2-13,23H,1H3,(H,22,24). The third kappa shape index (κ3) is 5.03. The van der Waals surface area contributed by atoms with Crippen molar-refractivity contribution >= 4 is 38.9 Å². The van der Waals surface area contributed by atoms with E-state index in [0.29, 0.717) is 27.9 Å². The molecule has 3 rings (SSSR count). The number of halogens is 1. The zero-order chi connectivity index (χ0) is 20.1. The number of carbonyl (C=O) groups is 1. The predicted octanol–water partition coefficient (Wildman–Crippen LogP) is 4.89. The average molecular weight is 417 g/mol. The molecule has 28 heavy (non-hydrogen) atoms. The van der Waals surface area contributed by atoms with Gasteiger partial charge in [0.1, 0.15) is 11.5 Å². The lowest BCUT2D eigenvalue weighted by Gasteiger charge is -2.11. The molecule has 6 nitrogen and oxygen atoms in total. The summed E-state index contributed by atoms with van der Waals surface area (Å²) in [5, 5.41) is 3.07. The maximum atomic E-state index is 12.5. The minimum Gasteiger partial charge on any atom is -0.456 e. The van der Waals surface area contributed by atoms with Crippen molar-refractivity contribution in [3.63, 3.8) is 0 Å². The molecule has 0 aliphatic carbocycles. The third-order valence-electron chi connectivity index (χ3n) is 3.66. The molecule has 0 fully saturated rings. The molecule has 0 spiro atoms. The van der Waals surface area contributed by atoms with Gasteiger partial charge in [-0.15, -0.1) is 0 Å². The fraction of sp³-hybridized carbons (Fsp3) is 0.0500. The molecule has 3 aromatic carbocycles. The molecule has 0 radical (unpaired) electrons. The monoisotopic (exact) mass is 416 g/mol. The van der Waals surface area contributed by atoms with Crippen LogP contribution in [-0.2, 0) is 14.8 Å². The molecule has 0 unspecified atom stereocenters. The smallest absolute Gasteiger partial charge is 0.261 e. The second kappa shape index (κ2) is 8.33. The summed E-state index contributed by atoms with van der Waals surface area (Å²) < 4.78 is 33.2. The molecule has 3 aromatic rings. The van der Waals surface area contributed by atoms with E-state index in [9.17, 15) is 13.2 Å². The number of amides is 1. The van der Waals surface area contributed by atoms with E-state index in [-0.39, 0.29) is 10.8 Å². The molecule has 0 atom stereocenters. The largest absolute Gasteiger partial charge is 0.456 e. The van der Waals surface area contributed by atoms with Crippen molar-refractivity contribution in [1.29, 1.82) is 0 Å². The van der Waals surface area contributed by atoms with Crippen molar-refractivity contribution in [3.05, 3.63) is 77.8 Å². The number of hydrogen-bond acceptors (Lipinski definition) is 4. The Morgan fingerprint density at radius 2 is 1.50 bits per heavy atom. The molecule has 0 bridgehead atoms. The molecule has 0 aliphatic heterocycles. The second-order valence-corrected chi connectivity index (χ2v) is 7.96. The summed E-state index contributed by atoms with van der Waals surface area (Å²) in [5.74, 6) is 0.806. The first-order valence-corrected chi connectivity index (χ1v) is 10.1. The number of carbonyl (C=O) groups excluding carboxylic acids is 1. The minimum absolute atomic E-state index is 0.0815. The molecular formula is C20H17ClN2O4S. The number of hydrogen-bond donors (Lipinski definition) is 2. The van der Waals surface area contributed by atoms with Crippen molar-refractivity contribution in [2.75, 3.05) is 10.0 Å². The molecule has 144 valence electrons. The number of para-hydroxylation sites is 1. The van der Waals surface area contributed by atoms with E-state index in [1.807, 2.05) is 0 Å². The number of nitrogens with one attached hydrogen (secondary N) is 2. The van der Waals surface area contributed by atoms with E-state index < -0.39 is 10.0 Å². The zero-order valence-electron chi connectivity index (χ0n) is 14.8. The lowest BCUT2D eigenvalue weighted by Crippen LogP contribution is -2.13. The number of sulfonamides is 1. The van der Waals surface area contributed by atoms with E-state index in [0.717, 1.165) is 0 Å². The minimum atomic E-state index is -3.76. The fourth-order valence-electron chi connectivity index (χ4n) is 2.38. The highest BCUT2D eigenvalue weighted by atomic mass is 35.5. The molecule has 0 saturated heterocycles. The van der Waals surface area contributed by atoms with Gasteiger partial charge >= 0.3 is 0 Å². The lowest BCUT2D eigenvalue weighted by molar-refractivity contribution is -0.114. The van der Waals surface area contributed by atoms with Crippen LogP contribution >= 0.6 is 11.6 Å². The van der Waals surface area contributed by atoms with Crippen molar-refractivity contribution in [2.24, 2.45) is 0 Å². The van der Waals surface area contributed by atoms with Gasteiger partial charge in [0.15, 0.2) is 0 Å². The highest BCUT2D eigenvalue weighted by Crippen LogP contribution is 2.29. The normalized spacial score (nSPS) is 10.9. The Morgan fingerprint density at radius 3 is 2.11 bits per heavy atom. The summed E-state index contributed by atoms with van der Waals surface area (Å²) in [6.07, 6.45) is 0. The van der Waals surface area contributed by atoms with Crippen LogP contribution in [0.25, 0.3) is 0 Å². The first-order valence-electron chi connectivity index (χ1n) is 8.26. The van der Waals surface area contributed by atoms with Crippen LogP contribution in [0.1, 0.15) is 6.92 Å². The van der Waals surface area contributed by atoms with E-state index in [4.69, 9.17) is 16.3 Å². The number of anilines is 2. The van der Waals surface area contributed by atoms with E-state index >= 15 is 0 Å². The molecule has 0 aliphatic rings. The first-order chi connectivity index (χ1) is 13.3. The van der Waals surface area contributed by atoms with Crippen LogP contribution < -0.4 is 14.8 Å². The van der Waals surface area contributed by atoms with Gasteiger partial charge in [0, 0.05) is 18.3 Å². The Hall–Kier alpha value is -3.03. The van der Waals surface area contributed by atoms with Crippen LogP contribution in [-0.4, -0.2) is 14.3 Å². The molecule has 0 aromatic heterocycles. The van der Waals surface area contributed by atoms with Crippen LogP contribution in [0.15, 0.2) is 77.7 Å². The van der Waals surface area contributed by atoms with E-state index in [2.05, 4.69) is 10.0 Å². The molecule has 0 heterocycles. The van der Waals surface area contributed by atoms with E-state index in [1.54, 1.807) is 48.5 Å². The molecule has 1 amide bonds. The molecule has 0 saturated carbocycles. The summed E-state index contributed by atoms with van der Waals surface area (Å²) in [4.78, 5) is 11.1. The average Bonchev–Trinajstić information content (AvgIpc) is 2.65. The molecule has 2 N–H and O–H groups in total. The zero-order valence-corrected chi connectivity index (χ0v) is 16.4. The topological polar surface area (TPSA) is 84.5 Å². The summed E-state index contributed by atoms with van der Waals surface area (Å²) in [6.45, 7) is 1.38. The third-order valence-corrected chi connectivity index (χ3v) is 5.37. The summed E-state index contributed by atoms with van der Waals surface area (Å²) in [7, 11) is -3.76. The fourth-order valence-corrected chi connectivity index (χ4v) is 3.61. The maximum absolute atomic E-state index is 12.5. The van der Waals surface area contributed by atoms with Crippen LogP contribution in [0.2, 0.25) is 5.02 Å². The van der Waals surface area contributed by atoms with Gasteiger partial charge in [-0.25, -0.2) is 8.42 Å². The summed E-state index contributed by atoms with van der Waals surface area (Å²) >= 11 is 6.06. The Kier molecular flexibility index (Phi) is 5.87. The van der Waals surface area contributed by atoms with Crippen molar-refractivity contribution < 1.29 is 17.9 Å². The molecular weight excluding hydrogens is 400 g/mol. The summed E-state index contributed by atoms with van der Waals surface area (Å²) in [5.41, 5.74) is 0.907.